The van der Waals surface area contributed by atoms with Gasteiger partial charge in [0.05, 0.1) is 6.42 Å². The number of hydrogen-bond acceptors (Lipinski definition) is 3. The predicted molar refractivity (Wildman–Crippen MR) is 92.7 cm³/mol. The highest BCUT2D eigenvalue weighted by molar-refractivity contribution is 6.35. The Kier molecular flexibility index (Phi) is 6.46. The van der Waals surface area contributed by atoms with Crippen molar-refractivity contribution in [2.24, 2.45) is 0 Å². The molecule has 0 saturated heterocycles. The molecule has 5 nitrogen and oxygen atoms in total. The summed E-state index contributed by atoms with van der Waals surface area (Å²) in [5.74, 6) is -1.02. The minimum atomic E-state index is -1.02. The van der Waals surface area contributed by atoms with Crippen molar-refractivity contribution in [1.82, 2.24) is 0 Å². The molecule has 0 atom stereocenters. The Morgan fingerprint density at radius 3 is 2.25 bits per heavy atom. The highest BCUT2D eigenvalue weighted by Crippen LogP contribution is 2.26. The average Bonchev–Trinajstić information content (AvgIpc) is 2.53. The Hall–Kier alpha value is -2.24. The molecule has 0 aliphatic rings. The first-order chi connectivity index (χ1) is 11.5. The molecule has 2 aromatic rings. The number of benzene rings is 2. The largest absolute Gasteiger partial charge is 0.481 e. The Bertz CT molecular complexity index is 702. The van der Waals surface area contributed by atoms with Gasteiger partial charge in [-0.3, -0.25) is 9.69 Å². The number of hydrogen-bond donors (Lipinski definition) is 1. The van der Waals surface area contributed by atoms with Gasteiger partial charge in [-0.05, 0) is 23.8 Å². The fourth-order valence-corrected chi connectivity index (χ4v) is 2.54. The molecule has 0 aromatic heterocycles. The molecule has 0 spiro atoms. The summed E-state index contributed by atoms with van der Waals surface area (Å²) >= 11 is 11.9. The van der Waals surface area contributed by atoms with Gasteiger partial charge in [0.1, 0.15) is 6.61 Å². The molecule has 0 aliphatic heterocycles. The van der Waals surface area contributed by atoms with E-state index >= 15 is 0 Å². The quantitative estimate of drug-likeness (QED) is 0.809. The van der Waals surface area contributed by atoms with Gasteiger partial charge in [0, 0.05) is 22.3 Å². The van der Waals surface area contributed by atoms with E-state index < -0.39 is 12.1 Å². The standard InChI is InChI=1S/C17H15Cl2NO4/c18-13-8-14(19)10-15(9-13)20(7-6-16(21)22)17(23)24-11-12-4-2-1-3-5-12/h1-5,8-10H,6-7,11H2,(H,21,22). The van der Waals surface area contributed by atoms with Crippen molar-refractivity contribution in [1.29, 1.82) is 0 Å². The second-order valence-electron chi connectivity index (χ2n) is 4.96. The van der Waals surface area contributed by atoms with Gasteiger partial charge in [0.15, 0.2) is 0 Å². The zero-order chi connectivity index (χ0) is 17.5. The van der Waals surface area contributed by atoms with Crippen molar-refractivity contribution >= 4 is 41.0 Å². The van der Waals surface area contributed by atoms with Gasteiger partial charge in [-0.15, -0.1) is 0 Å². The summed E-state index contributed by atoms with van der Waals surface area (Å²) in [5.41, 5.74) is 1.21. The Morgan fingerprint density at radius 1 is 1.04 bits per heavy atom. The van der Waals surface area contributed by atoms with Crippen molar-refractivity contribution in [2.75, 3.05) is 11.4 Å². The van der Waals surface area contributed by atoms with E-state index in [1.807, 2.05) is 30.3 Å². The van der Waals surface area contributed by atoms with E-state index in [9.17, 15) is 9.59 Å². The van der Waals surface area contributed by atoms with E-state index in [-0.39, 0.29) is 19.6 Å². The Balaban J connectivity index is 2.15. The maximum Gasteiger partial charge on any atom is 0.414 e. The Labute approximate surface area is 149 Å². The van der Waals surface area contributed by atoms with E-state index in [0.717, 1.165) is 5.56 Å². The normalized spacial score (nSPS) is 10.2. The van der Waals surface area contributed by atoms with Gasteiger partial charge in [-0.2, -0.15) is 0 Å². The van der Waals surface area contributed by atoms with Crippen LogP contribution in [0.4, 0.5) is 10.5 Å². The summed E-state index contributed by atoms with van der Waals surface area (Å²) in [7, 11) is 0. The lowest BCUT2D eigenvalue weighted by atomic mass is 10.2. The summed E-state index contributed by atoms with van der Waals surface area (Å²) in [4.78, 5) is 24.4. The number of ether oxygens (including phenoxy) is 1. The molecular formula is C17H15Cl2NO4. The molecule has 1 amide bonds. The van der Waals surface area contributed by atoms with Crippen LogP contribution in [0.25, 0.3) is 0 Å². The highest BCUT2D eigenvalue weighted by Gasteiger charge is 2.19. The van der Waals surface area contributed by atoms with Crippen LogP contribution < -0.4 is 4.90 Å². The number of carboxylic acid groups (broad SMARTS) is 1. The third-order valence-corrected chi connectivity index (χ3v) is 3.57. The van der Waals surface area contributed by atoms with Crippen LogP contribution >= 0.6 is 23.2 Å². The molecule has 0 bridgehead atoms. The fraction of sp³-hybridized carbons (Fsp3) is 0.176. The molecule has 0 saturated carbocycles. The fourth-order valence-electron chi connectivity index (χ4n) is 2.03. The number of anilines is 1. The molecular weight excluding hydrogens is 353 g/mol. The number of nitrogens with zero attached hydrogens (tertiary/aromatic N) is 1. The van der Waals surface area contributed by atoms with E-state index in [1.54, 1.807) is 0 Å². The summed E-state index contributed by atoms with van der Waals surface area (Å²) in [6.07, 6.45) is -0.900. The number of carbonyl (C=O) groups excluding carboxylic acids is 1. The van der Waals surface area contributed by atoms with Gasteiger partial charge in [-0.1, -0.05) is 53.5 Å². The third-order valence-electron chi connectivity index (χ3n) is 3.13. The molecule has 0 heterocycles. The van der Waals surface area contributed by atoms with Crippen LogP contribution in [0.1, 0.15) is 12.0 Å². The summed E-state index contributed by atoms with van der Waals surface area (Å²) < 4.78 is 5.26. The summed E-state index contributed by atoms with van der Waals surface area (Å²) in [6, 6.07) is 13.8. The zero-order valence-corrected chi connectivity index (χ0v) is 14.1. The lowest BCUT2D eigenvalue weighted by Gasteiger charge is -2.22. The average molecular weight is 368 g/mol. The molecule has 0 radical (unpaired) electrons. The molecule has 2 aromatic carbocycles. The Morgan fingerprint density at radius 2 is 1.67 bits per heavy atom. The molecule has 0 fully saturated rings. The number of rotatable bonds is 6. The van der Waals surface area contributed by atoms with E-state index in [2.05, 4.69) is 0 Å². The van der Waals surface area contributed by atoms with Crippen molar-refractivity contribution in [2.45, 2.75) is 13.0 Å². The van der Waals surface area contributed by atoms with Crippen LogP contribution in [-0.2, 0) is 16.1 Å². The smallest absolute Gasteiger partial charge is 0.414 e. The molecule has 24 heavy (non-hydrogen) atoms. The second-order valence-corrected chi connectivity index (χ2v) is 5.84. The maximum absolute atomic E-state index is 12.4. The molecule has 0 unspecified atom stereocenters. The second kappa shape index (κ2) is 8.57. The van der Waals surface area contributed by atoms with Gasteiger partial charge in [0.25, 0.3) is 0 Å². The summed E-state index contributed by atoms with van der Waals surface area (Å²) in [6.45, 7) is 0.0250. The number of carbonyl (C=O) groups is 2. The molecule has 126 valence electrons. The van der Waals surface area contributed by atoms with Crippen molar-refractivity contribution in [3.8, 4) is 0 Å². The van der Waals surface area contributed by atoms with Crippen molar-refractivity contribution < 1.29 is 19.4 Å². The lowest BCUT2D eigenvalue weighted by molar-refractivity contribution is -0.136. The number of aliphatic carboxylic acids is 1. The van der Waals surface area contributed by atoms with Crippen molar-refractivity contribution in [3.05, 3.63) is 64.1 Å². The van der Waals surface area contributed by atoms with Gasteiger partial charge in [-0.25, -0.2) is 4.79 Å². The van der Waals surface area contributed by atoms with Crippen LogP contribution in [0.2, 0.25) is 10.0 Å². The van der Waals surface area contributed by atoms with E-state index in [0.29, 0.717) is 15.7 Å². The summed E-state index contributed by atoms with van der Waals surface area (Å²) in [5, 5.41) is 9.56. The number of amides is 1. The molecule has 1 N–H and O–H groups in total. The minimum Gasteiger partial charge on any atom is -0.481 e. The van der Waals surface area contributed by atoms with Gasteiger partial charge in [0.2, 0.25) is 0 Å². The SMILES string of the molecule is O=C(O)CCN(C(=O)OCc1ccccc1)c1cc(Cl)cc(Cl)c1. The first-order valence-electron chi connectivity index (χ1n) is 7.12. The topological polar surface area (TPSA) is 66.8 Å². The predicted octanol–water partition coefficient (Wildman–Crippen LogP) is 4.61. The number of halogens is 2. The highest BCUT2D eigenvalue weighted by atomic mass is 35.5. The monoisotopic (exact) mass is 367 g/mol. The molecule has 2 rings (SSSR count). The van der Waals surface area contributed by atoms with Crippen LogP contribution in [-0.4, -0.2) is 23.7 Å². The number of carboxylic acids is 1. The zero-order valence-electron chi connectivity index (χ0n) is 12.6. The van der Waals surface area contributed by atoms with Crippen LogP contribution in [0.15, 0.2) is 48.5 Å². The van der Waals surface area contributed by atoms with E-state index in [1.165, 1.54) is 23.1 Å². The first-order valence-corrected chi connectivity index (χ1v) is 7.87. The molecule has 0 aliphatic carbocycles. The van der Waals surface area contributed by atoms with Crippen molar-refractivity contribution in [3.63, 3.8) is 0 Å². The van der Waals surface area contributed by atoms with Gasteiger partial charge >= 0.3 is 12.1 Å². The maximum atomic E-state index is 12.4. The third kappa shape index (κ3) is 5.44. The van der Waals surface area contributed by atoms with Crippen LogP contribution in [0.3, 0.4) is 0 Å². The molecule has 7 heteroatoms. The van der Waals surface area contributed by atoms with Gasteiger partial charge < -0.3 is 9.84 Å². The van der Waals surface area contributed by atoms with Crippen LogP contribution in [0, 0.1) is 0 Å². The lowest BCUT2D eigenvalue weighted by Crippen LogP contribution is -2.33. The van der Waals surface area contributed by atoms with E-state index in [4.69, 9.17) is 33.0 Å². The minimum absolute atomic E-state index is 0.0559. The first kappa shape index (κ1) is 18.1. The van der Waals surface area contributed by atoms with Crippen LogP contribution in [0.5, 0.6) is 0 Å².